The molecule has 0 amide bonds. The van der Waals surface area contributed by atoms with Crippen molar-refractivity contribution in [1.29, 1.82) is 0 Å². The molecule has 8 nitrogen and oxygen atoms in total. The van der Waals surface area contributed by atoms with Crippen molar-refractivity contribution in [1.82, 2.24) is 0 Å². The van der Waals surface area contributed by atoms with Gasteiger partial charge in [-0.3, -0.25) is 9.59 Å². The first-order valence-electron chi connectivity index (χ1n) is 16.0. The van der Waals surface area contributed by atoms with Gasteiger partial charge in [-0.2, -0.15) is 0 Å². The second-order valence-electron chi connectivity index (χ2n) is 13.5. The minimum absolute atomic E-state index is 0.0281. The highest BCUT2D eigenvalue weighted by molar-refractivity contribution is 7.99. The maximum absolute atomic E-state index is 12.5. The first kappa shape index (κ1) is 34.8. The molecule has 0 fully saturated rings. The number of rotatable bonds is 12. The summed E-state index contributed by atoms with van der Waals surface area (Å²) in [6.07, 6.45) is 3.65. The first-order valence-corrected chi connectivity index (χ1v) is 19.0. The molecular formula is C37H44O8S2. The largest absolute Gasteiger partial charge is 0.494 e. The fourth-order valence-electron chi connectivity index (χ4n) is 6.20. The lowest BCUT2D eigenvalue weighted by Crippen LogP contribution is -2.25. The molecule has 1 heterocycles. The molecule has 1 aliphatic carbocycles. The third-order valence-corrected chi connectivity index (χ3v) is 10.8. The van der Waals surface area contributed by atoms with E-state index in [4.69, 9.17) is 18.9 Å². The molecule has 2 aliphatic rings. The summed E-state index contributed by atoms with van der Waals surface area (Å²) in [5, 5.41) is 0. The van der Waals surface area contributed by atoms with Crippen molar-refractivity contribution in [2.24, 2.45) is 5.41 Å². The Labute approximate surface area is 282 Å². The molecule has 2 atom stereocenters. The molecule has 47 heavy (non-hydrogen) atoms. The van der Waals surface area contributed by atoms with Crippen LogP contribution in [-0.2, 0) is 35.3 Å². The fourth-order valence-corrected chi connectivity index (χ4v) is 8.13. The molecular weight excluding hydrogens is 637 g/mol. The predicted octanol–water partition coefficient (Wildman–Crippen LogP) is 7.52. The summed E-state index contributed by atoms with van der Waals surface area (Å²) in [5.41, 5.74) is 7.57. The van der Waals surface area contributed by atoms with Gasteiger partial charge in [0.25, 0.3) is 0 Å². The van der Waals surface area contributed by atoms with E-state index in [0.717, 1.165) is 51.7 Å². The zero-order valence-electron chi connectivity index (χ0n) is 28.0. The molecule has 0 bridgehead atoms. The van der Waals surface area contributed by atoms with Gasteiger partial charge in [0.2, 0.25) is 6.79 Å². The minimum Gasteiger partial charge on any atom is -0.494 e. The normalized spacial score (nSPS) is 17.1. The van der Waals surface area contributed by atoms with Crippen LogP contribution >= 0.6 is 11.8 Å². The van der Waals surface area contributed by atoms with Crippen LogP contribution in [-0.4, -0.2) is 51.5 Å². The number of esters is 2. The summed E-state index contributed by atoms with van der Waals surface area (Å²) < 4.78 is 45.6. The Hall–Kier alpha value is -3.50. The van der Waals surface area contributed by atoms with Gasteiger partial charge in [-0.05, 0) is 117 Å². The Morgan fingerprint density at radius 2 is 1.70 bits per heavy atom. The topological polar surface area (TPSA) is 105 Å². The van der Waals surface area contributed by atoms with E-state index < -0.39 is 21.2 Å². The van der Waals surface area contributed by atoms with Gasteiger partial charge in [0.05, 0.1) is 24.2 Å². The molecule has 3 aromatic carbocycles. The SMILES string of the molecule is Cc1cc(OCCCS(C)(=O)=O)cc(C)c1-c1cccc2c1CC[C@H]2Oc1ccc2c(c1)SC[C@H]2CC(=O)OCOC(=O)C(C)(C)C. The van der Waals surface area contributed by atoms with Gasteiger partial charge in [-0.1, -0.05) is 24.3 Å². The molecule has 0 N–H and O–H groups in total. The van der Waals surface area contributed by atoms with Gasteiger partial charge < -0.3 is 18.9 Å². The van der Waals surface area contributed by atoms with E-state index in [2.05, 4.69) is 38.1 Å². The number of carbonyl (C=O) groups excluding carboxylic acids is 2. The Balaban J connectivity index is 1.22. The minimum atomic E-state index is -3.00. The summed E-state index contributed by atoms with van der Waals surface area (Å²) in [6.45, 7) is 9.41. The van der Waals surface area contributed by atoms with Crippen LogP contribution in [0.25, 0.3) is 11.1 Å². The quantitative estimate of drug-likeness (QED) is 0.109. The van der Waals surface area contributed by atoms with E-state index >= 15 is 0 Å². The number of fused-ring (bicyclic) bond motifs is 2. The zero-order valence-corrected chi connectivity index (χ0v) is 29.6. The molecule has 252 valence electrons. The van der Waals surface area contributed by atoms with E-state index in [1.165, 1.54) is 28.5 Å². The van der Waals surface area contributed by atoms with E-state index in [-0.39, 0.29) is 37.0 Å². The summed E-state index contributed by atoms with van der Waals surface area (Å²) >= 11 is 1.71. The highest BCUT2D eigenvalue weighted by Gasteiger charge is 2.30. The molecule has 0 unspecified atom stereocenters. The molecule has 0 spiro atoms. The van der Waals surface area contributed by atoms with Gasteiger partial charge in [0.15, 0.2) is 0 Å². The number of benzene rings is 3. The highest BCUT2D eigenvalue weighted by Crippen LogP contribution is 2.46. The number of hydrogen-bond donors (Lipinski definition) is 0. The average molecular weight is 681 g/mol. The molecule has 0 aromatic heterocycles. The average Bonchev–Trinajstić information content (AvgIpc) is 3.58. The number of ether oxygens (including phenoxy) is 4. The van der Waals surface area contributed by atoms with E-state index in [1.807, 2.05) is 24.3 Å². The number of hydrogen-bond acceptors (Lipinski definition) is 9. The first-order chi connectivity index (χ1) is 22.2. The van der Waals surface area contributed by atoms with Crippen molar-refractivity contribution in [2.75, 3.05) is 31.2 Å². The molecule has 10 heteroatoms. The summed E-state index contributed by atoms with van der Waals surface area (Å²) in [6, 6.07) is 16.6. The van der Waals surface area contributed by atoms with Crippen LogP contribution in [0.4, 0.5) is 0 Å². The Morgan fingerprint density at radius 1 is 0.957 bits per heavy atom. The molecule has 0 radical (unpaired) electrons. The third kappa shape index (κ3) is 8.70. The number of sulfone groups is 1. The number of thioether (sulfide) groups is 1. The van der Waals surface area contributed by atoms with Gasteiger partial charge in [-0.15, -0.1) is 11.8 Å². The third-order valence-electron chi connectivity index (χ3n) is 8.50. The Kier molecular flexibility index (Phi) is 10.6. The van der Waals surface area contributed by atoms with Crippen molar-refractivity contribution in [3.8, 4) is 22.6 Å². The second-order valence-corrected chi connectivity index (χ2v) is 16.8. The lowest BCUT2D eigenvalue weighted by atomic mass is 9.90. The molecule has 5 rings (SSSR count). The van der Waals surface area contributed by atoms with Crippen molar-refractivity contribution >= 4 is 33.5 Å². The van der Waals surface area contributed by atoms with Crippen molar-refractivity contribution < 1.29 is 37.0 Å². The Morgan fingerprint density at radius 3 is 2.40 bits per heavy atom. The van der Waals surface area contributed by atoms with Gasteiger partial charge >= 0.3 is 11.9 Å². The zero-order chi connectivity index (χ0) is 33.9. The maximum atomic E-state index is 12.5. The standard InChI is InChI=1S/C37H44O8S2/c1-23-17-27(42-15-8-16-47(6,40)41)18-24(2)35(23)31-10-7-9-30-29(31)13-14-32(30)45-26-11-12-28-25(21-46-33(28)20-26)19-34(38)43-22-44-36(39)37(3,4)5/h7,9-12,17-18,20,25,32H,8,13-16,19,21-22H2,1-6H3/t25-,32-/m1/s1. The lowest BCUT2D eigenvalue weighted by molar-refractivity contribution is -0.173. The van der Waals surface area contributed by atoms with Crippen LogP contribution in [0.2, 0.25) is 0 Å². The highest BCUT2D eigenvalue weighted by atomic mass is 32.2. The van der Waals surface area contributed by atoms with Gasteiger partial charge in [-0.25, -0.2) is 8.42 Å². The van der Waals surface area contributed by atoms with Gasteiger partial charge in [0, 0.05) is 22.8 Å². The van der Waals surface area contributed by atoms with E-state index in [0.29, 0.717) is 13.0 Å². The van der Waals surface area contributed by atoms with Crippen molar-refractivity contribution in [2.45, 2.75) is 77.2 Å². The molecule has 1 aliphatic heterocycles. The smallest absolute Gasteiger partial charge is 0.314 e. The fraction of sp³-hybridized carbons (Fsp3) is 0.459. The second kappa shape index (κ2) is 14.3. The van der Waals surface area contributed by atoms with Crippen LogP contribution in [0.1, 0.15) is 79.9 Å². The maximum Gasteiger partial charge on any atom is 0.314 e. The monoisotopic (exact) mass is 680 g/mol. The number of carbonyl (C=O) groups is 2. The Bertz CT molecular complexity index is 1730. The van der Waals surface area contributed by atoms with Crippen LogP contribution < -0.4 is 9.47 Å². The van der Waals surface area contributed by atoms with Crippen LogP contribution in [0, 0.1) is 19.3 Å². The predicted molar refractivity (Wildman–Crippen MR) is 184 cm³/mol. The number of aryl methyl sites for hydroxylation is 2. The van der Waals surface area contributed by atoms with Crippen molar-refractivity contribution in [3.63, 3.8) is 0 Å². The van der Waals surface area contributed by atoms with Crippen LogP contribution in [0.3, 0.4) is 0 Å². The van der Waals surface area contributed by atoms with Crippen LogP contribution in [0.15, 0.2) is 53.4 Å². The van der Waals surface area contributed by atoms with E-state index in [9.17, 15) is 18.0 Å². The van der Waals surface area contributed by atoms with E-state index in [1.54, 1.807) is 32.5 Å². The summed E-state index contributed by atoms with van der Waals surface area (Å²) in [4.78, 5) is 25.5. The van der Waals surface area contributed by atoms with Gasteiger partial charge in [0.1, 0.15) is 27.4 Å². The summed E-state index contributed by atoms with van der Waals surface area (Å²) in [7, 11) is -3.00. The molecule has 0 saturated carbocycles. The summed E-state index contributed by atoms with van der Waals surface area (Å²) in [5.74, 6) is 1.67. The molecule has 3 aromatic rings. The van der Waals surface area contributed by atoms with Crippen molar-refractivity contribution in [3.05, 3.63) is 76.3 Å². The van der Waals surface area contributed by atoms with Crippen LogP contribution in [0.5, 0.6) is 11.5 Å². The lowest BCUT2D eigenvalue weighted by Gasteiger charge is -2.19. The molecule has 0 saturated heterocycles.